The summed E-state index contributed by atoms with van der Waals surface area (Å²) >= 11 is 0. The SMILES string of the molecule is CCOc1ccc(NCC(=O)NN2C(=O)NC(C)(CC)C2=O)cc1S(=O)(=O)N1CCCC1. The Morgan fingerprint density at radius 1 is 1.22 bits per heavy atom. The molecule has 3 N–H and O–H groups in total. The molecule has 2 aliphatic heterocycles. The van der Waals surface area contributed by atoms with Crippen LogP contribution < -0.4 is 20.8 Å². The van der Waals surface area contributed by atoms with E-state index in [9.17, 15) is 22.8 Å². The minimum atomic E-state index is -3.74. The van der Waals surface area contributed by atoms with Crippen molar-refractivity contribution in [2.24, 2.45) is 0 Å². The number of benzene rings is 1. The minimum absolute atomic E-state index is 0.0273. The zero-order valence-corrected chi connectivity index (χ0v) is 19.3. The summed E-state index contributed by atoms with van der Waals surface area (Å²) in [7, 11) is -3.74. The standard InChI is InChI=1S/C20H29N5O6S/c1-4-20(3)18(27)25(19(28)22-20)23-17(26)13-21-14-8-9-15(31-5-2)16(12-14)32(29,30)24-10-6-7-11-24/h8-9,12,21H,4-7,10-11,13H2,1-3H3,(H,22,28)(H,23,26). The van der Waals surface area contributed by atoms with Crippen molar-refractivity contribution in [3.05, 3.63) is 18.2 Å². The van der Waals surface area contributed by atoms with Gasteiger partial charge in [-0.3, -0.25) is 15.0 Å². The molecule has 0 aliphatic carbocycles. The fraction of sp³-hybridized carbons (Fsp3) is 0.550. The topological polar surface area (TPSA) is 137 Å². The van der Waals surface area contributed by atoms with Crippen LogP contribution in [0.5, 0.6) is 5.75 Å². The molecule has 4 amide bonds. The molecular formula is C20H29N5O6S. The molecule has 2 saturated heterocycles. The molecule has 1 unspecified atom stereocenters. The predicted molar refractivity (Wildman–Crippen MR) is 116 cm³/mol. The Labute approximate surface area is 187 Å². The van der Waals surface area contributed by atoms with Gasteiger partial charge < -0.3 is 15.4 Å². The molecule has 32 heavy (non-hydrogen) atoms. The second-order valence-electron chi connectivity index (χ2n) is 7.85. The molecule has 0 saturated carbocycles. The van der Waals surface area contributed by atoms with Gasteiger partial charge in [0.2, 0.25) is 10.0 Å². The van der Waals surface area contributed by atoms with E-state index < -0.39 is 33.4 Å². The van der Waals surface area contributed by atoms with Crippen molar-refractivity contribution in [1.29, 1.82) is 0 Å². The van der Waals surface area contributed by atoms with Crippen molar-refractivity contribution in [2.75, 3.05) is 31.6 Å². The van der Waals surface area contributed by atoms with Crippen LogP contribution in [0.1, 0.15) is 40.0 Å². The van der Waals surface area contributed by atoms with Crippen molar-refractivity contribution < 1.29 is 27.5 Å². The third-order valence-corrected chi connectivity index (χ3v) is 7.50. The van der Waals surface area contributed by atoms with Crippen LogP contribution in [0.4, 0.5) is 10.5 Å². The maximum Gasteiger partial charge on any atom is 0.344 e. The summed E-state index contributed by atoms with van der Waals surface area (Å²) in [5, 5.41) is 6.04. The molecule has 12 heteroatoms. The average Bonchev–Trinajstić information content (AvgIpc) is 3.38. The lowest BCUT2D eigenvalue weighted by molar-refractivity contribution is -0.138. The van der Waals surface area contributed by atoms with Crippen molar-refractivity contribution in [3.63, 3.8) is 0 Å². The summed E-state index contributed by atoms with van der Waals surface area (Å²) in [6.45, 7) is 6.04. The van der Waals surface area contributed by atoms with Gasteiger partial charge in [0.05, 0.1) is 13.2 Å². The molecule has 3 rings (SSSR count). The molecule has 2 heterocycles. The van der Waals surface area contributed by atoms with Crippen molar-refractivity contribution in [1.82, 2.24) is 20.1 Å². The Hall–Kier alpha value is -2.86. The van der Waals surface area contributed by atoms with Crippen molar-refractivity contribution in [2.45, 2.75) is 50.5 Å². The first-order valence-electron chi connectivity index (χ1n) is 10.6. The fourth-order valence-corrected chi connectivity index (χ4v) is 5.21. The highest BCUT2D eigenvalue weighted by molar-refractivity contribution is 7.89. The van der Waals surface area contributed by atoms with E-state index in [0.717, 1.165) is 12.8 Å². The van der Waals surface area contributed by atoms with Crippen LogP contribution in [0.25, 0.3) is 0 Å². The first-order chi connectivity index (χ1) is 15.1. The van der Waals surface area contributed by atoms with E-state index >= 15 is 0 Å². The third kappa shape index (κ3) is 4.65. The predicted octanol–water partition coefficient (Wildman–Crippen LogP) is 1.03. The maximum atomic E-state index is 13.1. The molecule has 2 aliphatic rings. The molecule has 1 aromatic carbocycles. The van der Waals surface area contributed by atoms with Crippen molar-refractivity contribution >= 4 is 33.6 Å². The number of carbonyl (C=O) groups is 3. The van der Waals surface area contributed by atoms with Gasteiger partial charge in [0.15, 0.2) is 0 Å². The number of urea groups is 1. The van der Waals surface area contributed by atoms with E-state index in [0.29, 0.717) is 36.8 Å². The number of carbonyl (C=O) groups excluding carboxylic acids is 3. The molecule has 1 atom stereocenters. The molecule has 2 fully saturated rings. The number of hydrazine groups is 1. The Bertz CT molecular complexity index is 1010. The number of anilines is 1. The van der Waals surface area contributed by atoms with Crippen LogP contribution in [-0.4, -0.2) is 67.4 Å². The van der Waals surface area contributed by atoms with Gasteiger partial charge in [0.1, 0.15) is 16.2 Å². The van der Waals surface area contributed by atoms with E-state index in [1.165, 1.54) is 16.4 Å². The first kappa shape index (κ1) is 23.8. The van der Waals surface area contributed by atoms with Crippen LogP contribution in [0, 0.1) is 0 Å². The number of rotatable bonds is 9. The van der Waals surface area contributed by atoms with Gasteiger partial charge in [-0.15, -0.1) is 0 Å². The van der Waals surface area contributed by atoms with Gasteiger partial charge in [-0.1, -0.05) is 6.92 Å². The molecule has 0 spiro atoms. The number of nitrogens with zero attached hydrogens (tertiary/aromatic N) is 2. The second kappa shape index (κ2) is 9.33. The number of hydrogen-bond donors (Lipinski definition) is 3. The normalized spacial score (nSPS) is 21.5. The van der Waals surface area contributed by atoms with Crippen molar-refractivity contribution in [3.8, 4) is 5.75 Å². The summed E-state index contributed by atoms with van der Waals surface area (Å²) in [6, 6.07) is 3.86. The lowest BCUT2D eigenvalue weighted by atomic mass is 10.00. The van der Waals surface area contributed by atoms with Gasteiger partial charge >= 0.3 is 6.03 Å². The van der Waals surface area contributed by atoms with Gasteiger partial charge in [-0.05, 0) is 51.3 Å². The first-order valence-corrected chi connectivity index (χ1v) is 12.0. The van der Waals surface area contributed by atoms with E-state index in [1.807, 2.05) is 0 Å². The molecule has 176 valence electrons. The largest absolute Gasteiger partial charge is 0.492 e. The molecular weight excluding hydrogens is 438 g/mol. The summed E-state index contributed by atoms with van der Waals surface area (Å²) in [6.07, 6.45) is 1.99. The number of ether oxygens (including phenoxy) is 1. The molecule has 0 radical (unpaired) electrons. The highest BCUT2D eigenvalue weighted by Crippen LogP contribution is 2.31. The molecule has 0 aromatic heterocycles. The molecule has 1 aromatic rings. The Balaban J connectivity index is 1.71. The number of sulfonamides is 1. The second-order valence-corrected chi connectivity index (χ2v) is 9.76. The molecule has 11 nitrogen and oxygen atoms in total. The summed E-state index contributed by atoms with van der Waals surface area (Å²) in [5.41, 5.74) is 1.60. The summed E-state index contributed by atoms with van der Waals surface area (Å²) in [4.78, 5) is 36.8. The highest BCUT2D eigenvalue weighted by Gasteiger charge is 2.47. The van der Waals surface area contributed by atoms with E-state index in [2.05, 4.69) is 16.1 Å². The average molecular weight is 468 g/mol. The van der Waals surface area contributed by atoms with Crippen LogP contribution in [0.2, 0.25) is 0 Å². The lowest BCUT2D eigenvalue weighted by Gasteiger charge is -2.20. The number of hydrogen-bond acceptors (Lipinski definition) is 7. The van der Waals surface area contributed by atoms with E-state index in [-0.39, 0.29) is 17.2 Å². The summed E-state index contributed by atoms with van der Waals surface area (Å²) < 4.78 is 33.0. The Kier molecular flexibility index (Phi) is 6.94. The maximum absolute atomic E-state index is 13.1. The van der Waals surface area contributed by atoms with Gasteiger partial charge in [0.25, 0.3) is 11.8 Å². The van der Waals surface area contributed by atoms with Gasteiger partial charge in [0, 0.05) is 18.8 Å². The van der Waals surface area contributed by atoms with Gasteiger partial charge in [-0.25, -0.2) is 13.2 Å². The quantitative estimate of drug-likeness (QED) is 0.461. The van der Waals surface area contributed by atoms with Crippen LogP contribution in [0.3, 0.4) is 0 Å². The smallest absolute Gasteiger partial charge is 0.344 e. The third-order valence-electron chi connectivity index (χ3n) is 5.58. The minimum Gasteiger partial charge on any atom is -0.492 e. The van der Waals surface area contributed by atoms with E-state index in [1.54, 1.807) is 26.8 Å². The lowest BCUT2D eigenvalue weighted by Crippen LogP contribution is -2.50. The number of nitrogens with one attached hydrogen (secondary N) is 3. The Morgan fingerprint density at radius 3 is 2.50 bits per heavy atom. The zero-order valence-electron chi connectivity index (χ0n) is 18.4. The monoisotopic (exact) mass is 467 g/mol. The van der Waals surface area contributed by atoms with Gasteiger partial charge in [-0.2, -0.15) is 9.31 Å². The molecule has 0 bridgehead atoms. The number of amides is 4. The number of imide groups is 1. The van der Waals surface area contributed by atoms with E-state index in [4.69, 9.17) is 4.74 Å². The highest BCUT2D eigenvalue weighted by atomic mass is 32.2. The van der Waals surface area contributed by atoms with Crippen LogP contribution in [-0.2, 0) is 19.6 Å². The fourth-order valence-electron chi connectivity index (χ4n) is 3.53. The summed E-state index contributed by atoms with van der Waals surface area (Å²) in [5.74, 6) is -0.933. The van der Waals surface area contributed by atoms with Crippen LogP contribution in [0.15, 0.2) is 23.1 Å². The van der Waals surface area contributed by atoms with Crippen LogP contribution >= 0.6 is 0 Å². The Morgan fingerprint density at radius 2 is 1.91 bits per heavy atom. The zero-order chi connectivity index (χ0) is 23.5.